The van der Waals surface area contributed by atoms with Gasteiger partial charge in [-0.05, 0) is 37.8 Å². The predicted octanol–water partition coefficient (Wildman–Crippen LogP) is 7.50. The highest BCUT2D eigenvalue weighted by atomic mass is 16.5. The third-order valence-corrected chi connectivity index (χ3v) is 4.50. The molecule has 1 heteroatoms. The maximum absolute atomic E-state index is 5.67. The minimum atomic E-state index is 0.735. The molecular weight excluding hydrogens is 292 g/mol. The average molecular weight is 331 g/mol. The Hall–Kier alpha value is -1.24. The lowest BCUT2D eigenvalue weighted by Gasteiger charge is -2.07. The zero-order chi connectivity index (χ0) is 17.3. The highest BCUT2D eigenvalue weighted by Crippen LogP contribution is 2.19. The van der Waals surface area contributed by atoms with Crippen LogP contribution in [-0.4, -0.2) is 6.61 Å². The Labute approximate surface area is 150 Å². The molecule has 0 unspecified atom stereocenters. The van der Waals surface area contributed by atoms with E-state index < -0.39 is 0 Å². The summed E-state index contributed by atoms with van der Waals surface area (Å²) in [5, 5.41) is 0. The first-order valence-electron chi connectivity index (χ1n) is 10.2. The minimum absolute atomic E-state index is 0.735. The van der Waals surface area contributed by atoms with Crippen LogP contribution in [0.2, 0.25) is 0 Å². The van der Waals surface area contributed by atoms with Crippen molar-refractivity contribution < 1.29 is 4.74 Å². The lowest BCUT2D eigenvalue weighted by Crippen LogP contribution is -1.95. The molecule has 0 N–H and O–H groups in total. The average Bonchev–Trinajstić information content (AvgIpc) is 2.60. The number of allylic oxidation sites excluding steroid dienone is 2. The van der Waals surface area contributed by atoms with Crippen LogP contribution in [0.5, 0.6) is 5.75 Å². The van der Waals surface area contributed by atoms with Gasteiger partial charge in [-0.25, -0.2) is 0 Å². The third-order valence-electron chi connectivity index (χ3n) is 4.50. The van der Waals surface area contributed by atoms with Crippen molar-refractivity contribution in [1.82, 2.24) is 0 Å². The van der Waals surface area contributed by atoms with Crippen LogP contribution in [0.15, 0.2) is 36.4 Å². The highest BCUT2D eigenvalue weighted by Gasteiger charge is 1.99. The van der Waals surface area contributed by atoms with E-state index >= 15 is 0 Å². The van der Waals surface area contributed by atoms with Crippen LogP contribution in [0.25, 0.3) is 0 Å². The fourth-order valence-electron chi connectivity index (χ4n) is 3.05. The zero-order valence-electron chi connectivity index (χ0n) is 16.1. The lowest BCUT2D eigenvalue weighted by molar-refractivity contribution is 0.337. The van der Waals surface area contributed by atoms with Gasteiger partial charge in [0.15, 0.2) is 0 Å². The second-order valence-corrected chi connectivity index (χ2v) is 6.69. The highest BCUT2D eigenvalue weighted by molar-refractivity contribution is 5.34. The van der Waals surface area contributed by atoms with Crippen LogP contribution in [-0.2, 0) is 6.42 Å². The van der Waals surface area contributed by atoms with Crippen LogP contribution in [0, 0.1) is 0 Å². The lowest BCUT2D eigenvalue weighted by atomic mass is 10.1. The van der Waals surface area contributed by atoms with Gasteiger partial charge < -0.3 is 4.74 Å². The molecule has 1 aromatic carbocycles. The second-order valence-electron chi connectivity index (χ2n) is 6.69. The molecule has 1 rings (SSSR count). The van der Waals surface area contributed by atoms with E-state index in [2.05, 4.69) is 37.3 Å². The number of unbranched alkanes of at least 4 members (excludes halogenated alkanes) is 10. The number of ether oxygens (including phenoxy) is 1. The van der Waals surface area contributed by atoms with Crippen molar-refractivity contribution >= 4 is 0 Å². The minimum Gasteiger partial charge on any atom is -0.494 e. The van der Waals surface area contributed by atoms with Crippen LogP contribution < -0.4 is 4.74 Å². The number of hydrogen-bond donors (Lipinski definition) is 0. The molecule has 0 spiro atoms. The van der Waals surface area contributed by atoms with E-state index in [-0.39, 0.29) is 0 Å². The van der Waals surface area contributed by atoms with Gasteiger partial charge in [-0.15, -0.1) is 0 Å². The molecule has 0 aliphatic carbocycles. The molecule has 1 aromatic rings. The van der Waals surface area contributed by atoms with Gasteiger partial charge in [0, 0.05) is 0 Å². The number of para-hydroxylation sites is 1. The summed E-state index contributed by atoms with van der Waals surface area (Å²) in [5.41, 5.74) is 1.29. The number of benzene rings is 1. The SMILES string of the molecule is CCCCCCCCCCCCC=CCc1ccccc1OCC. The van der Waals surface area contributed by atoms with Gasteiger partial charge in [-0.1, -0.05) is 95.1 Å². The Morgan fingerprint density at radius 3 is 2.04 bits per heavy atom. The molecule has 0 aliphatic rings. The van der Waals surface area contributed by atoms with Crippen molar-refractivity contribution in [3.8, 4) is 5.75 Å². The summed E-state index contributed by atoms with van der Waals surface area (Å²) >= 11 is 0. The first kappa shape index (κ1) is 20.8. The summed E-state index contributed by atoms with van der Waals surface area (Å²) in [5.74, 6) is 1.03. The molecule has 136 valence electrons. The first-order chi connectivity index (χ1) is 11.9. The van der Waals surface area contributed by atoms with E-state index in [1.165, 1.54) is 76.2 Å². The quantitative estimate of drug-likeness (QED) is 0.239. The molecule has 0 aromatic heterocycles. The molecule has 1 nitrogen and oxygen atoms in total. The molecule has 0 fully saturated rings. The first-order valence-corrected chi connectivity index (χ1v) is 10.2. The summed E-state index contributed by atoms with van der Waals surface area (Å²) < 4.78 is 5.67. The van der Waals surface area contributed by atoms with E-state index in [1.54, 1.807) is 0 Å². The largest absolute Gasteiger partial charge is 0.494 e. The van der Waals surface area contributed by atoms with Crippen LogP contribution in [0.3, 0.4) is 0 Å². The molecule has 0 bridgehead atoms. The van der Waals surface area contributed by atoms with Crippen LogP contribution >= 0.6 is 0 Å². The van der Waals surface area contributed by atoms with Gasteiger partial charge in [0.2, 0.25) is 0 Å². The van der Waals surface area contributed by atoms with Crippen molar-refractivity contribution in [2.24, 2.45) is 0 Å². The molecule has 0 saturated carbocycles. The maximum atomic E-state index is 5.67. The van der Waals surface area contributed by atoms with Gasteiger partial charge in [0.05, 0.1) is 6.61 Å². The van der Waals surface area contributed by atoms with Gasteiger partial charge in [0.25, 0.3) is 0 Å². The molecular formula is C23H38O. The Morgan fingerprint density at radius 2 is 1.38 bits per heavy atom. The Kier molecular flexibility index (Phi) is 13.3. The fraction of sp³-hybridized carbons (Fsp3) is 0.652. The number of hydrogen-bond acceptors (Lipinski definition) is 1. The molecule has 0 aliphatic heterocycles. The number of rotatable bonds is 15. The normalized spacial score (nSPS) is 11.2. The fourth-order valence-corrected chi connectivity index (χ4v) is 3.05. The van der Waals surface area contributed by atoms with Crippen molar-refractivity contribution in [2.75, 3.05) is 6.61 Å². The van der Waals surface area contributed by atoms with Crippen molar-refractivity contribution in [2.45, 2.75) is 90.9 Å². The Bertz CT molecular complexity index is 422. The molecule has 0 radical (unpaired) electrons. The maximum Gasteiger partial charge on any atom is 0.122 e. The Balaban J connectivity index is 1.99. The topological polar surface area (TPSA) is 9.23 Å². The molecule has 0 atom stereocenters. The van der Waals surface area contributed by atoms with Gasteiger partial charge in [-0.2, -0.15) is 0 Å². The van der Waals surface area contributed by atoms with Crippen LogP contribution in [0.4, 0.5) is 0 Å². The predicted molar refractivity (Wildman–Crippen MR) is 107 cm³/mol. The third kappa shape index (κ3) is 10.5. The smallest absolute Gasteiger partial charge is 0.122 e. The van der Waals surface area contributed by atoms with E-state index in [1.807, 2.05) is 13.0 Å². The van der Waals surface area contributed by atoms with Crippen molar-refractivity contribution in [1.29, 1.82) is 0 Å². The Morgan fingerprint density at radius 1 is 0.750 bits per heavy atom. The van der Waals surface area contributed by atoms with Gasteiger partial charge in [0.1, 0.15) is 5.75 Å². The van der Waals surface area contributed by atoms with Crippen LogP contribution in [0.1, 0.15) is 90.0 Å². The van der Waals surface area contributed by atoms with E-state index in [0.29, 0.717) is 0 Å². The van der Waals surface area contributed by atoms with E-state index in [4.69, 9.17) is 4.74 Å². The van der Waals surface area contributed by atoms with E-state index in [0.717, 1.165) is 18.8 Å². The van der Waals surface area contributed by atoms with E-state index in [9.17, 15) is 0 Å². The zero-order valence-corrected chi connectivity index (χ0v) is 16.1. The molecule has 24 heavy (non-hydrogen) atoms. The van der Waals surface area contributed by atoms with Gasteiger partial charge in [-0.3, -0.25) is 0 Å². The summed E-state index contributed by atoms with van der Waals surface area (Å²) in [6, 6.07) is 8.36. The summed E-state index contributed by atoms with van der Waals surface area (Å²) in [7, 11) is 0. The summed E-state index contributed by atoms with van der Waals surface area (Å²) in [6.45, 7) is 5.06. The van der Waals surface area contributed by atoms with Crippen molar-refractivity contribution in [3.63, 3.8) is 0 Å². The van der Waals surface area contributed by atoms with Crippen molar-refractivity contribution in [3.05, 3.63) is 42.0 Å². The van der Waals surface area contributed by atoms with Gasteiger partial charge >= 0.3 is 0 Å². The molecule has 0 amide bonds. The summed E-state index contributed by atoms with van der Waals surface area (Å²) in [4.78, 5) is 0. The monoisotopic (exact) mass is 330 g/mol. The molecule has 0 saturated heterocycles. The molecule has 0 heterocycles. The second kappa shape index (κ2) is 15.3. The summed E-state index contributed by atoms with van der Waals surface area (Å²) in [6.07, 6.45) is 20.9. The standard InChI is InChI=1S/C23H38O/c1-3-5-6-7-8-9-10-11-12-13-14-15-16-19-22-20-17-18-21-23(22)24-4-2/h15-18,20-21H,3-14,19H2,1-2H3.